The molecule has 2 N–H and O–H groups in total. The molecule has 0 aliphatic heterocycles. The van der Waals surface area contributed by atoms with E-state index in [2.05, 4.69) is 5.32 Å². The van der Waals surface area contributed by atoms with E-state index < -0.39 is 5.92 Å². The average molecular weight is 179 g/mol. The lowest BCUT2D eigenvalue weighted by Crippen LogP contribution is -2.43. The normalized spacial score (nSPS) is 25.0. The molecular weight excluding hydrogens is 164 g/mol. The Kier molecular flexibility index (Phi) is 3.01. The molecule has 0 aromatic carbocycles. The van der Waals surface area contributed by atoms with Gasteiger partial charge in [-0.2, -0.15) is 0 Å². The van der Waals surface area contributed by atoms with Crippen molar-refractivity contribution in [2.75, 3.05) is 13.2 Å². The zero-order valence-electron chi connectivity index (χ0n) is 7.19. The first-order valence-electron chi connectivity index (χ1n) is 4.25. The van der Waals surface area contributed by atoms with Crippen molar-refractivity contribution in [1.29, 1.82) is 0 Å². The molecular formula is C8H15F2NO. The Balaban J connectivity index is 2.04. The van der Waals surface area contributed by atoms with Gasteiger partial charge in [-0.3, -0.25) is 0 Å². The summed E-state index contributed by atoms with van der Waals surface area (Å²) in [5.74, 6) is -2.33. The summed E-state index contributed by atoms with van der Waals surface area (Å²) >= 11 is 0. The maximum atomic E-state index is 12.3. The van der Waals surface area contributed by atoms with Crippen LogP contribution in [0, 0.1) is 5.92 Å². The molecule has 4 heteroatoms. The van der Waals surface area contributed by atoms with E-state index in [4.69, 9.17) is 5.11 Å². The molecule has 0 amide bonds. The van der Waals surface area contributed by atoms with E-state index >= 15 is 0 Å². The molecule has 0 spiro atoms. The van der Waals surface area contributed by atoms with Crippen LogP contribution in [0.4, 0.5) is 8.78 Å². The van der Waals surface area contributed by atoms with Crippen LogP contribution in [0.2, 0.25) is 0 Å². The number of hydrogen-bond acceptors (Lipinski definition) is 2. The van der Waals surface area contributed by atoms with Crippen LogP contribution in [0.25, 0.3) is 0 Å². The number of aliphatic hydroxyl groups is 1. The predicted molar refractivity (Wildman–Crippen MR) is 42.2 cm³/mol. The van der Waals surface area contributed by atoms with Gasteiger partial charge in [-0.05, 0) is 19.4 Å². The Hall–Kier alpha value is -0.220. The predicted octanol–water partition coefficient (Wildman–Crippen LogP) is 1.00. The van der Waals surface area contributed by atoms with Crippen LogP contribution < -0.4 is 5.32 Å². The average Bonchev–Trinajstić information content (AvgIpc) is 1.96. The quantitative estimate of drug-likeness (QED) is 0.674. The van der Waals surface area contributed by atoms with Crippen LogP contribution in [0.15, 0.2) is 0 Å². The Labute approximate surface area is 71.0 Å². The van der Waals surface area contributed by atoms with Crippen molar-refractivity contribution in [3.05, 3.63) is 0 Å². The second-order valence-electron chi connectivity index (χ2n) is 3.62. The van der Waals surface area contributed by atoms with E-state index in [0.717, 1.165) is 0 Å². The summed E-state index contributed by atoms with van der Waals surface area (Å²) in [6, 6.07) is 0.0132. The molecule has 0 bridgehead atoms. The first-order valence-corrected chi connectivity index (χ1v) is 4.25. The fraction of sp³-hybridized carbons (Fsp3) is 1.00. The number of hydrogen-bond donors (Lipinski definition) is 2. The van der Waals surface area contributed by atoms with Crippen LogP contribution in [0.5, 0.6) is 0 Å². The van der Waals surface area contributed by atoms with Gasteiger partial charge >= 0.3 is 0 Å². The molecule has 1 unspecified atom stereocenters. The van der Waals surface area contributed by atoms with Crippen molar-refractivity contribution in [3.63, 3.8) is 0 Å². The molecule has 1 atom stereocenters. The molecule has 1 saturated carbocycles. The number of aliphatic hydroxyl groups excluding tert-OH is 1. The van der Waals surface area contributed by atoms with Crippen molar-refractivity contribution in [2.24, 2.45) is 5.92 Å². The van der Waals surface area contributed by atoms with E-state index in [1.807, 2.05) is 6.92 Å². The summed E-state index contributed by atoms with van der Waals surface area (Å²) in [6.45, 7) is 2.48. The van der Waals surface area contributed by atoms with Gasteiger partial charge in [-0.25, -0.2) is 8.78 Å². The Morgan fingerprint density at radius 3 is 2.58 bits per heavy atom. The summed E-state index contributed by atoms with van der Waals surface area (Å²) in [5, 5.41) is 11.6. The summed E-state index contributed by atoms with van der Waals surface area (Å²) in [4.78, 5) is 0. The molecule has 0 heterocycles. The molecule has 0 saturated heterocycles. The summed E-state index contributed by atoms with van der Waals surface area (Å²) in [7, 11) is 0. The van der Waals surface area contributed by atoms with E-state index in [0.29, 0.717) is 6.54 Å². The van der Waals surface area contributed by atoms with E-state index in [9.17, 15) is 8.78 Å². The lowest BCUT2D eigenvalue weighted by atomic mass is 9.81. The largest absolute Gasteiger partial charge is 0.395 e. The minimum absolute atomic E-state index is 0.00184. The van der Waals surface area contributed by atoms with Gasteiger partial charge < -0.3 is 10.4 Å². The maximum Gasteiger partial charge on any atom is 0.248 e. The van der Waals surface area contributed by atoms with Gasteiger partial charge in [0.1, 0.15) is 0 Å². The van der Waals surface area contributed by atoms with Gasteiger partial charge in [0.2, 0.25) is 5.92 Å². The fourth-order valence-electron chi connectivity index (χ4n) is 1.36. The van der Waals surface area contributed by atoms with Gasteiger partial charge in [0.05, 0.1) is 6.61 Å². The molecule has 1 aliphatic rings. The maximum absolute atomic E-state index is 12.3. The van der Waals surface area contributed by atoms with Gasteiger partial charge in [0, 0.05) is 18.9 Å². The second kappa shape index (κ2) is 3.66. The second-order valence-corrected chi connectivity index (χ2v) is 3.62. The Morgan fingerprint density at radius 2 is 2.17 bits per heavy atom. The molecule has 0 aromatic heterocycles. The van der Waals surface area contributed by atoms with Crippen molar-refractivity contribution in [1.82, 2.24) is 5.32 Å². The number of halogens is 2. The first kappa shape index (κ1) is 9.86. The lowest BCUT2D eigenvalue weighted by molar-refractivity contribution is -0.109. The van der Waals surface area contributed by atoms with E-state index in [-0.39, 0.29) is 31.4 Å². The number of nitrogens with one attached hydrogen (secondary N) is 1. The molecule has 2 nitrogen and oxygen atoms in total. The minimum Gasteiger partial charge on any atom is -0.395 e. The third kappa shape index (κ3) is 2.68. The summed E-state index contributed by atoms with van der Waals surface area (Å²) < 4.78 is 24.6. The molecule has 1 aliphatic carbocycles. The van der Waals surface area contributed by atoms with E-state index in [1.54, 1.807) is 0 Å². The highest BCUT2D eigenvalue weighted by Gasteiger charge is 2.44. The van der Waals surface area contributed by atoms with Crippen LogP contribution >= 0.6 is 0 Å². The zero-order valence-corrected chi connectivity index (χ0v) is 7.19. The van der Waals surface area contributed by atoms with Crippen molar-refractivity contribution in [2.45, 2.75) is 31.7 Å². The zero-order chi connectivity index (χ0) is 9.19. The smallest absolute Gasteiger partial charge is 0.248 e. The SMILES string of the molecule is CC(CO)NCC1CC(F)(F)C1. The third-order valence-electron chi connectivity index (χ3n) is 2.20. The lowest BCUT2D eigenvalue weighted by Gasteiger charge is -2.35. The van der Waals surface area contributed by atoms with Crippen molar-refractivity contribution in [3.8, 4) is 0 Å². The molecule has 12 heavy (non-hydrogen) atoms. The Bertz CT molecular complexity index is 144. The highest BCUT2D eigenvalue weighted by molar-refractivity contribution is 4.87. The molecule has 0 radical (unpaired) electrons. The molecule has 1 rings (SSSR count). The number of alkyl halides is 2. The van der Waals surface area contributed by atoms with Gasteiger partial charge in [0.25, 0.3) is 0 Å². The molecule has 72 valence electrons. The van der Waals surface area contributed by atoms with E-state index in [1.165, 1.54) is 0 Å². The topological polar surface area (TPSA) is 32.3 Å². The third-order valence-corrected chi connectivity index (χ3v) is 2.20. The molecule has 1 fully saturated rings. The van der Waals surface area contributed by atoms with Crippen LogP contribution in [-0.4, -0.2) is 30.2 Å². The Morgan fingerprint density at radius 1 is 1.58 bits per heavy atom. The van der Waals surface area contributed by atoms with Gasteiger partial charge in [-0.15, -0.1) is 0 Å². The summed E-state index contributed by atoms with van der Waals surface area (Å²) in [6.07, 6.45) is -0.00367. The number of rotatable bonds is 4. The summed E-state index contributed by atoms with van der Waals surface area (Å²) in [5.41, 5.74) is 0. The standard InChI is InChI=1S/C8H15F2NO/c1-6(5-12)11-4-7-2-8(9,10)3-7/h6-7,11-12H,2-5H2,1H3. The fourth-order valence-corrected chi connectivity index (χ4v) is 1.36. The van der Waals surface area contributed by atoms with Crippen LogP contribution in [-0.2, 0) is 0 Å². The van der Waals surface area contributed by atoms with Gasteiger partial charge in [-0.1, -0.05) is 0 Å². The van der Waals surface area contributed by atoms with Crippen molar-refractivity contribution >= 4 is 0 Å². The molecule has 0 aromatic rings. The monoisotopic (exact) mass is 179 g/mol. The minimum atomic E-state index is -2.42. The highest BCUT2D eigenvalue weighted by atomic mass is 19.3. The first-order chi connectivity index (χ1) is 5.53. The van der Waals surface area contributed by atoms with Crippen molar-refractivity contribution < 1.29 is 13.9 Å². The van der Waals surface area contributed by atoms with Crippen LogP contribution in [0.3, 0.4) is 0 Å². The van der Waals surface area contributed by atoms with Crippen LogP contribution in [0.1, 0.15) is 19.8 Å². The highest BCUT2D eigenvalue weighted by Crippen LogP contribution is 2.41. The van der Waals surface area contributed by atoms with Gasteiger partial charge in [0.15, 0.2) is 0 Å².